The quantitative estimate of drug-likeness (QED) is 0.652. The van der Waals surface area contributed by atoms with E-state index in [-0.39, 0.29) is 0 Å². The van der Waals surface area contributed by atoms with Crippen LogP contribution >= 0.6 is 11.6 Å². The van der Waals surface area contributed by atoms with Gasteiger partial charge in [0.15, 0.2) is 0 Å². The minimum atomic E-state index is 0.759. The summed E-state index contributed by atoms with van der Waals surface area (Å²) in [7, 11) is 1.58. The van der Waals surface area contributed by atoms with E-state index in [1.165, 1.54) is 5.56 Å². The highest BCUT2D eigenvalue weighted by Gasteiger charge is 2.15. The maximum absolute atomic E-state index is 5.95. The van der Waals surface area contributed by atoms with Crippen LogP contribution in [-0.2, 0) is 11.3 Å². The number of nitrogens with zero attached hydrogens (tertiary/aromatic N) is 1. The van der Waals surface area contributed by atoms with Crippen LogP contribution in [0.15, 0.2) is 23.4 Å². The van der Waals surface area contributed by atoms with Crippen molar-refractivity contribution >= 4 is 17.3 Å². The Morgan fingerprint density at radius 3 is 3.00 bits per heavy atom. The molecule has 0 aliphatic heterocycles. The largest absolute Gasteiger partial charge is 0.399 e. The van der Waals surface area contributed by atoms with Gasteiger partial charge in [-0.15, -0.1) is 0 Å². The Labute approximate surface area is 88.5 Å². The van der Waals surface area contributed by atoms with Crippen molar-refractivity contribution in [2.24, 2.45) is 5.16 Å². The molecule has 0 amide bonds. The third-order valence-electron chi connectivity index (χ3n) is 2.44. The number of aryl methyl sites for hydroxylation is 1. The van der Waals surface area contributed by atoms with Crippen molar-refractivity contribution in [2.75, 3.05) is 7.11 Å². The molecule has 1 aliphatic rings. The zero-order valence-electron chi connectivity index (χ0n) is 8.09. The van der Waals surface area contributed by atoms with Crippen molar-refractivity contribution in [1.29, 1.82) is 0 Å². The summed E-state index contributed by atoms with van der Waals surface area (Å²) in [5, 5.41) is 4.78. The molecule has 0 fully saturated rings. The second-order valence-corrected chi connectivity index (χ2v) is 3.81. The molecule has 0 heterocycles. The molecule has 0 radical (unpaired) electrons. The summed E-state index contributed by atoms with van der Waals surface area (Å²) >= 11 is 5.95. The highest BCUT2D eigenvalue weighted by Crippen LogP contribution is 2.24. The van der Waals surface area contributed by atoms with E-state index in [0.29, 0.717) is 0 Å². The Bertz CT molecular complexity index is 374. The Hall–Kier alpha value is -1.02. The van der Waals surface area contributed by atoms with Gasteiger partial charge in [-0.2, -0.15) is 0 Å². The van der Waals surface area contributed by atoms with E-state index in [2.05, 4.69) is 11.2 Å². The van der Waals surface area contributed by atoms with Crippen molar-refractivity contribution in [1.82, 2.24) is 0 Å². The SMILES string of the molecule is CON=C1CCCc2ccc(Cl)cc21. The molecule has 0 saturated heterocycles. The van der Waals surface area contributed by atoms with Crippen LogP contribution in [0.4, 0.5) is 0 Å². The van der Waals surface area contributed by atoms with E-state index < -0.39 is 0 Å². The second kappa shape index (κ2) is 4.01. The molecule has 0 unspecified atom stereocenters. The number of hydrogen-bond donors (Lipinski definition) is 0. The number of oxime groups is 1. The van der Waals surface area contributed by atoms with Crippen LogP contribution < -0.4 is 0 Å². The van der Waals surface area contributed by atoms with Crippen molar-refractivity contribution in [3.05, 3.63) is 34.3 Å². The molecule has 74 valence electrons. The van der Waals surface area contributed by atoms with Crippen molar-refractivity contribution in [3.8, 4) is 0 Å². The van der Waals surface area contributed by atoms with E-state index in [9.17, 15) is 0 Å². The number of fused-ring (bicyclic) bond motifs is 1. The second-order valence-electron chi connectivity index (χ2n) is 3.38. The zero-order chi connectivity index (χ0) is 9.97. The van der Waals surface area contributed by atoms with Crippen LogP contribution in [-0.4, -0.2) is 12.8 Å². The van der Waals surface area contributed by atoms with Crippen molar-refractivity contribution in [2.45, 2.75) is 19.3 Å². The Morgan fingerprint density at radius 1 is 1.36 bits per heavy atom. The Kier molecular flexibility index (Phi) is 2.73. The number of halogens is 1. The van der Waals surface area contributed by atoms with Crippen LogP contribution in [0.2, 0.25) is 5.02 Å². The van der Waals surface area contributed by atoms with Gasteiger partial charge in [0, 0.05) is 10.6 Å². The number of rotatable bonds is 1. The third-order valence-corrected chi connectivity index (χ3v) is 2.68. The first kappa shape index (κ1) is 9.53. The van der Waals surface area contributed by atoms with Gasteiger partial charge in [0.1, 0.15) is 7.11 Å². The molecule has 0 N–H and O–H groups in total. The van der Waals surface area contributed by atoms with Crippen LogP contribution in [0, 0.1) is 0 Å². The summed E-state index contributed by atoms with van der Waals surface area (Å²) < 4.78 is 0. The van der Waals surface area contributed by atoms with Gasteiger partial charge in [0.05, 0.1) is 5.71 Å². The lowest BCUT2D eigenvalue weighted by molar-refractivity contribution is 0.212. The van der Waals surface area contributed by atoms with Crippen LogP contribution in [0.5, 0.6) is 0 Å². The summed E-state index contributed by atoms with van der Waals surface area (Å²) in [6, 6.07) is 5.96. The molecular weight excluding hydrogens is 198 g/mol. The first-order valence-corrected chi connectivity index (χ1v) is 5.08. The molecule has 2 nitrogen and oxygen atoms in total. The highest BCUT2D eigenvalue weighted by atomic mass is 35.5. The van der Waals surface area contributed by atoms with Gasteiger partial charge in [0.25, 0.3) is 0 Å². The standard InChI is InChI=1S/C11H12ClNO/c1-14-13-11-4-2-3-8-5-6-9(12)7-10(8)11/h5-7H,2-4H2,1H3. The molecule has 1 aromatic rings. The molecule has 0 spiro atoms. The minimum absolute atomic E-state index is 0.759. The summed E-state index contributed by atoms with van der Waals surface area (Å²) in [5.74, 6) is 0. The van der Waals surface area contributed by atoms with Crippen LogP contribution in [0.1, 0.15) is 24.0 Å². The van der Waals surface area contributed by atoms with Crippen LogP contribution in [0.3, 0.4) is 0 Å². The Morgan fingerprint density at radius 2 is 2.21 bits per heavy atom. The first-order chi connectivity index (χ1) is 6.81. The van der Waals surface area contributed by atoms with Gasteiger partial charge in [-0.05, 0) is 37.0 Å². The van der Waals surface area contributed by atoms with E-state index in [4.69, 9.17) is 16.4 Å². The molecular formula is C11H12ClNO. The fourth-order valence-corrected chi connectivity index (χ4v) is 1.99. The lowest BCUT2D eigenvalue weighted by Gasteiger charge is -2.17. The minimum Gasteiger partial charge on any atom is -0.399 e. The van der Waals surface area contributed by atoms with Gasteiger partial charge in [-0.1, -0.05) is 22.8 Å². The normalized spacial score (nSPS) is 18.0. The first-order valence-electron chi connectivity index (χ1n) is 4.70. The van der Waals surface area contributed by atoms with Gasteiger partial charge in [-0.25, -0.2) is 0 Å². The molecule has 1 aromatic carbocycles. The summed E-state index contributed by atoms with van der Waals surface area (Å²) in [4.78, 5) is 4.82. The topological polar surface area (TPSA) is 21.6 Å². The van der Waals surface area contributed by atoms with E-state index >= 15 is 0 Å². The van der Waals surface area contributed by atoms with Gasteiger partial charge in [-0.3, -0.25) is 0 Å². The van der Waals surface area contributed by atoms with E-state index in [1.54, 1.807) is 7.11 Å². The third kappa shape index (κ3) is 1.75. The molecule has 0 atom stereocenters. The fourth-order valence-electron chi connectivity index (χ4n) is 1.82. The fraction of sp³-hybridized carbons (Fsp3) is 0.364. The molecule has 14 heavy (non-hydrogen) atoms. The molecule has 3 heteroatoms. The van der Waals surface area contributed by atoms with E-state index in [0.717, 1.165) is 35.6 Å². The molecule has 0 aromatic heterocycles. The summed E-state index contributed by atoms with van der Waals surface area (Å²) in [6.45, 7) is 0. The summed E-state index contributed by atoms with van der Waals surface area (Å²) in [5.41, 5.74) is 3.47. The highest BCUT2D eigenvalue weighted by molar-refractivity contribution is 6.31. The Balaban J connectivity index is 2.47. The van der Waals surface area contributed by atoms with Crippen molar-refractivity contribution in [3.63, 3.8) is 0 Å². The number of hydrogen-bond acceptors (Lipinski definition) is 2. The monoisotopic (exact) mass is 209 g/mol. The van der Waals surface area contributed by atoms with Crippen LogP contribution in [0.25, 0.3) is 0 Å². The smallest absolute Gasteiger partial charge is 0.106 e. The number of benzene rings is 1. The molecule has 1 aliphatic carbocycles. The molecule has 0 saturated carbocycles. The average Bonchev–Trinajstić information content (AvgIpc) is 2.19. The average molecular weight is 210 g/mol. The van der Waals surface area contributed by atoms with Gasteiger partial charge in [0.2, 0.25) is 0 Å². The maximum Gasteiger partial charge on any atom is 0.106 e. The van der Waals surface area contributed by atoms with Crippen molar-refractivity contribution < 1.29 is 4.84 Å². The van der Waals surface area contributed by atoms with Gasteiger partial charge >= 0.3 is 0 Å². The zero-order valence-corrected chi connectivity index (χ0v) is 8.84. The molecule has 0 bridgehead atoms. The lowest BCUT2D eigenvalue weighted by atomic mass is 9.90. The lowest BCUT2D eigenvalue weighted by Crippen LogP contribution is -2.12. The summed E-state index contributed by atoms with van der Waals surface area (Å²) in [6.07, 6.45) is 3.22. The van der Waals surface area contributed by atoms with Gasteiger partial charge < -0.3 is 4.84 Å². The van der Waals surface area contributed by atoms with E-state index in [1.807, 2.05) is 12.1 Å². The predicted molar refractivity (Wildman–Crippen MR) is 57.9 cm³/mol. The predicted octanol–water partition coefficient (Wildman–Crippen LogP) is 3.03. The molecule has 2 rings (SSSR count). The maximum atomic E-state index is 5.95.